The molecule has 0 spiro atoms. The molecule has 0 aliphatic heterocycles. The first kappa shape index (κ1) is 13.3. The number of aryl methyl sites for hydroxylation is 2. The van der Waals surface area contributed by atoms with E-state index in [2.05, 4.69) is 57.2 Å². The van der Waals surface area contributed by atoms with Gasteiger partial charge in [0, 0.05) is 20.1 Å². The maximum absolute atomic E-state index is 4.41. The quantitative estimate of drug-likeness (QED) is 0.865. The third kappa shape index (κ3) is 3.00. The predicted octanol–water partition coefficient (Wildman–Crippen LogP) is 3.12. The molecule has 4 heteroatoms. The van der Waals surface area contributed by atoms with Gasteiger partial charge < -0.3 is 0 Å². The maximum atomic E-state index is 4.41. The first-order valence-electron chi connectivity index (χ1n) is 5.98. The summed E-state index contributed by atoms with van der Waals surface area (Å²) in [5.41, 5.74) is 3.58. The van der Waals surface area contributed by atoms with Crippen LogP contribution in [0.4, 0.5) is 0 Å². The van der Waals surface area contributed by atoms with Crippen molar-refractivity contribution in [2.24, 2.45) is 7.05 Å². The van der Waals surface area contributed by atoms with Crippen molar-refractivity contribution in [2.45, 2.75) is 20.0 Å². The van der Waals surface area contributed by atoms with Gasteiger partial charge in [-0.3, -0.25) is 9.58 Å². The molecule has 18 heavy (non-hydrogen) atoms. The zero-order valence-electron chi connectivity index (χ0n) is 11.0. The number of halogens is 1. The minimum absolute atomic E-state index is 0.882. The summed E-state index contributed by atoms with van der Waals surface area (Å²) >= 11 is 3.60. The van der Waals surface area contributed by atoms with E-state index in [0.29, 0.717) is 0 Å². The topological polar surface area (TPSA) is 21.1 Å². The largest absolute Gasteiger partial charge is 0.296 e. The lowest BCUT2D eigenvalue weighted by molar-refractivity contribution is 0.309. The van der Waals surface area contributed by atoms with Crippen LogP contribution in [-0.4, -0.2) is 21.7 Å². The first-order valence-corrected chi connectivity index (χ1v) is 6.77. The summed E-state index contributed by atoms with van der Waals surface area (Å²) in [6, 6.07) is 10.5. The lowest BCUT2D eigenvalue weighted by Gasteiger charge is -2.17. The molecule has 2 aromatic rings. The fourth-order valence-corrected chi connectivity index (χ4v) is 2.52. The monoisotopic (exact) mass is 307 g/mol. The molecular weight excluding hydrogens is 290 g/mol. The average Bonchev–Trinajstić information content (AvgIpc) is 2.57. The van der Waals surface area contributed by atoms with Crippen LogP contribution in [0.15, 0.2) is 34.8 Å². The Balaban J connectivity index is 2.05. The van der Waals surface area contributed by atoms with Crippen LogP contribution in [-0.2, 0) is 20.1 Å². The summed E-state index contributed by atoms with van der Waals surface area (Å²) in [7, 11) is 4.12. The zero-order chi connectivity index (χ0) is 13.1. The van der Waals surface area contributed by atoms with Gasteiger partial charge in [-0.1, -0.05) is 30.3 Å². The molecule has 0 amide bonds. The molecular formula is C14H18BrN3. The number of benzene rings is 1. The lowest BCUT2D eigenvalue weighted by Crippen LogP contribution is -2.19. The van der Waals surface area contributed by atoms with Crippen LogP contribution in [0.5, 0.6) is 0 Å². The van der Waals surface area contributed by atoms with E-state index in [1.807, 2.05) is 24.7 Å². The van der Waals surface area contributed by atoms with E-state index >= 15 is 0 Å². The van der Waals surface area contributed by atoms with Crippen molar-refractivity contribution in [2.75, 3.05) is 7.05 Å². The van der Waals surface area contributed by atoms with Crippen LogP contribution in [0.25, 0.3) is 0 Å². The molecule has 0 atom stereocenters. The Labute approximate surface area is 117 Å². The van der Waals surface area contributed by atoms with Crippen LogP contribution in [0.1, 0.15) is 17.0 Å². The molecule has 0 radical (unpaired) electrons. The molecule has 0 unspecified atom stereocenters. The standard InChI is InChI=1S/C14H18BrN3/c1-11-14(15)13(18(3)16-11)10-17(2)9-12-7-5-4-6-8-12/h4-8H,9-10H2,1-3H3. The Morgan fingerprint density at radius 3 is 2.44 bits per heavy atom. The van der Waals surface area contributed by atoms with Gasteiger partial charge in [-0.2, -0.15) is 5.10 Å². The van der Waals surface area contributed by atoms with E-state index in [4.69, 9.17) is 0 Å². The van der Waals surface area contributed by atoms with Crippen molar-refractivity contribution in [3.8, 4) is 0 Å². The summed E-state index contributed by atoms with van der Waals surface area (Å²) in [5.74, 6) is 0. The van der Waals surface area contributed by atoms with Gasteiger partial charge in [0.1, 0.15) is 0 Å². The molecule has 0 aliphatic carbocycles. The molecule has 96 valence electrons. The highest BCUT2D eigenvalue weighted by molar-refractivity contribution is 9.10. The summed E-state index contributed by atoms with van der Waals surface area (Å²) in [6.07, 6.45) is 0. The van der Waals surface area contributed by atoms with Gasteiger partial charge in [-0.25, -0.2) is 0 Å². The van der Waals surface area contributed by atoms with E-state index in [1.54, 1.807) is 0 Å². The van der Waals surface area contributed by atoms with Gasteiger partial charge in [-0.05, 0) is 35.5 Å². The molecule has 1 aromatic carbocycles. The van der Waals surface area contributed by atoms with E-state index in [1.165, 1.54) is 11.3 Å². The maximum Gasteiger partial charge on any atom is 0.0739 e. The fraction of sp³-hybridized carbons (Fsp3) is 0.357. The highest BCUT2D eigenvalue weighted by Gasteiger charge is 2.12. The molecule has 3 nitrogen and oxygen atoms in total. The van der Waals surface area contributed by atoms with Crippen molar-refractivity contribution < 1.29 is 0 Å². The molecule has 1 heterocycles. The van der Waals surface area contributed by atoms with Crippen molar-refractivity contribution >= 4 is 15.9 Å². The van der Waals surface area contributed by atoms with Crippen LogP contribution in [0.2, 0.25) is 0 Å². The average molecular weight is 308 g/mol. The normalized spacial score (nSPS) is 11.2. The summed E-state index contributed by atoms with van der Waals surface area (Å²) in [5, 5.41) is 4.41. The number of hydrogen-bond donors (Lipinski definition) is 0. The first-order chi connectivity index (χ1) is 8.58. The van der Waals surface area contributed by atoms with Gasteiger partial charge in [0.25, 0.3) is 0 Å². The van der Waals surface area contributed by atoms with Crippen LogP contribution in [0.3, 0.4) is 0 Å². The molecule has 1 aromatic heterocycles. The second-order valence-corrected chi connectivity index (χ2v) is 5.42. The predicted molar refractivity (Wildman–Crippen MR) is 77.3 cm³/mol. The second kappa shape index (κ2) is 5.67. The van der Waals surface area contributed by atoms with Gasteiger partial charge in [0.05, 0.1) is 15.9 Å². The SMILES string of the molecule is Cc1nn(C)c(CN(C)Cc2ccccc2)c1Br. The zero-order valence-corrected chi connectivity index (χ0v) is 12.6. The third-order valence-electron chi connectivity index (χ3n) is 2.98. The van der Waals surface area contributed by atoms with E-state index in [0.717, 1.165) is 23.3 Å². The summed E-state index contributed by atoms with van der Waals surface area (Å²) < 4.78 is 3.06. The van der Waals surface area contributed by atoms with Gasteiger partial charge >= 0.3 is 0 Å². The van der Waals surface area contributed by atoms with E-state index in [9.17, 15) is 0 Å². The molecule has 0 N–H and O–H groups in total. The molecule has 0 fully saturated rings. The molecule has 0 saturated heterocycles. The van der Waals surface area contributed by atoms with Crippen molar-refractivity contribution in [1.82, 2.24) is 14.7 Å². The Bertz CT molecular complexity index is 519. The summed E-state index contributed by atoms with van der Waals surface area (Å²) in [4.78, 5) is 2.29. The van der Waals surface area contributed by atoms with Crippen molar-refractivity contribution in [3.63, 3.8) is 0 Å². The van der Waals surface area contributed by atoms with E-state index in [-0.39, 0.29) is 0 Å². The molecule has 0 aliphatic rings. The smallest absolute Gasteiger partial charge is 0.0739 e. The van der Waals surface area contributed by atoms with E-state index < -0.39 is 0 Å². The van der Waals surface area contributed by atoms with Gasteiger partial charge in [-0.15, -0.1) is 0 Å². The Kier molecular flexibility index (Phi) is 4.19. The Morgan fingerprint density at radius 1 is 1.22 bits per heavy atom. The minimum atomic E-state index is 0.882. The van der Waals surface area contributed by atoms with Crippen molar-refractivity contribution in [3.05, 3.63) is 51.8 Å². The highest BCUT2D eigenvalue weighted by Crippen LogP contribution is 2.21. The third-order valence-corrected chi connectivity index (χ3v) is 4.01. The molecule has 0 saturated carbocycles. The molecule has 0 bridgehead atoms. The number of rotatable bonds is 4. The lowest BCUT2D eigenvalue weighted by atomic mass is 10.2. The fourth-order valence-electron chi connectivity index (χ4n) is 2.06. The summed E-state index contributed by atoms with van der Waals surface area (Å²) in [6.45, 7) is 3.84. The van der Waals surface area contributed by atoms with Gasteiger partial charge in [0.2, 0.25) is 0 Å². The van der Waals surface area contributed by atoms with Gasteiger partial charge in [0.15, 0.2) is 0 Å². The second-order valence-electron chi connectivity index (χ2n) is 4.63. The Hall–Kier alpha value is -1.13. The number of aromatic nitrogens is 2. The van der Waals surface area contributed by atoms with Crippen LogP contribution in [0, 0.1) is 6.92 Å². The highest BCUT2D eigenvalue weighted by atomic mass is 79.9. The number of nitrogens with zero attached hydrogens (tertiary/aromatic N) is 3. The van der Waals surface area contributed by atoms with Crippen LogP contribution >= 0.6 is 15.9 Å². The molecule has 2 rings (SSSR count). The Morgan fingerprint density at radius 2 is 1.89 bits per heavy atom. The minimum Gasteiger partial charge on any atom is -0.296 e. The van der Waals surface area contributed by atoms with Crippen molar-refractivity contribution in [1.29, 1.82) is 0 Å². The number of hydrogen-bond acceptors (Lipinski definition) is 2. The van der Waals surface area contributed by atoms with Crippen LogP contribution < -0.4 is 0 Å².